The zero-order chi connectivity index (χ0) is 14.0. The summed E-state index contributed by atoms with van der Waals surface area (Å²) < 4.78 is 5.39. The topological polar surface area (TPSA) is 75.8 Å². The van der Waals surface area contributed by atoms with Crippen molar-refractivity contribution in [2.75, 3.05) is 19.7 Å². The van der Waals surface area contributed by atoms with E-state index in [9.17, 15) is 9.90 Å². The van der Waals surface area contributed by atoms with Gasteiger partial charge in [-0.2, -0.15) is 0 Å². The SMILES string of the molecule is Cc1ccc(O)c(C(=O)N2CCOC(C(N)=S)C2)c1. The third-order valence-corrected chi connectivity index (χ3v) is 3.32. The number of aryl methyl sites for hydroxylation is 1. The Morgan fingerprint density at radius 2 is 2.32 bits per heavy atom. The smallest absolute Gasteiger partial charge is 0.257 e. The van der Waals surface area contributed by atoms with Crippen molar-refractivity contribution in [1.29, 1.82) is 0 Å². The van der Waals surface area contributed by atoms with Gasteiger partial charge in [-0.05, 0) is 19.1 Å². The molecule has 102 valence electrons. The number of nitrogens with two attached hydrogens (primary N) is 1. The molecule has 0 aliphatic carbocycles. The van der Waals surface area contributed by atoms with Gasteiger partial charge in [-0.3, -0.25) is 4.79 Å². The molecule has 1 saturated heterocycles. The Balaban J connectivity index is 2.19. The summed E-state index contributed by atoms with van der Waals surface area (Å²) in [6, 6.07) is 4.94. The minimum atomic E-state index is -0.417. The Labute approximate surface area is 117 Å². The van der Waals surface area contributed by atoms with Crippen molar-refractivity contribution in [3.63, 3.8) is 0 Å². The average molecular weight is 280 g/mol. The van der Waals surface area contributed by atoms with E-state index in [0.29, 0.717) is 25.3 Å². The van der Waals surface area contributed by atoms with Gasteiger partial charge in [0.25, 0.3) is 5.91 Å². The Bertz CT molecular complexity index is 519. The molecule has 1 aromatic rings. The van der Waals surface area contributed by atoms with Gasteiger partial charge in [-0.1, -0.05) is 23.8 Å². The zero-order valence-corrected chi connectivity index (χ0v) is 11.4. The molecule has 6 heteroatoms. The van der Waals surface area contributed by atoms with Crippen molar-refractivity contribution in [3.05, 3.63) is 29.3 Å². The van der Waals surface area contributed by atoms with Gasteiger partial charge in [0.05, 0.1) is 18.7 Å². The van der Waals surface area contributed by atoms with E-state index in [2.05, 4.69) is 0 Å². The second-order valence-corrected chi connectivity index (χ2v) is 5.00. The highest BCUT2D eigenvalue weighted by Crippen LogP contribution is 2.21. The van der Waals surface area contributed by atoms with Crippen molar-refractivity contribution in [3.8, 4) is 5.75 Å². The number of ether oxygens (including phenoxy) is 1. The van der Waals surface area contributed by atoms with E-state index in [4.69, 9.17) is 22.7 Å². The number of phenolic OH excluding ortho intramolecular Hbond substituents is 1. The van der Waals surface area contributed by atoms with Crippen molar-refractivity contribution in [2.45, 2.75) is 13.0 Å². The lowest BCUT2D eigenvalue weighted by atomic mass is 10.1. The maximum Gasteiger partial charge on any atom is 0.257 e. The minimum Gasteiger partial charge on any atom is -0.507 e. The monoisotopic (exact) mass is 280 g/mol. The fourth-order valence-corrected chi connectivity index (χ4v) is 2.14. The zero-order valence-electron chi connectivity index (χ0n) is 10.6. The summed E-state index contributed by atoms with van der Waals surface area (Å²) in [7, 11) is 0. The second-order valence-electron chi connectivity index (χ2n) is 4.53. The maximum atomic E-state index is 12.4. The van der Waals surface area contributed by atoms with Crippen LogP contribution in [0.5, 0.6) is 5.75 Å². The average Bonchev–Trinajstić information content (AvgIpc) is 2.41. The maximum absolute atomic E-state index is 12.4. The number of benzene rings is 1. The van der Waals surface area contributed by atoms with Crippen LogP contribution in [0.15, 0.2) is 18.2 Å². The van der Waals surface area contributed by atoms with Crippen LogP contribution in [0.25, 0.3) is 0 Å². The van der Waals surface area contributed by atoms with Gasteiger partial charge < -0.3 is 20.5 Å². The third kappa shape index (κ3) is 3.02. The van der Waals surface area contributed by atoms with Crippen LogP contribution < -0.4 is 5.73 Å². The predicted octanol–water partition coefficient (Wildman–Crippen LogP) is 0.828. The number of hydrogen-bond acceptors (Lipinski definition) is 4. The molecule has 1 aromatic carbocycles. The Hall–Kier alpha value is -1.66. The van der Waals surface area contributed by atoms with Crippen molar-refractivity contribution in [1.82, 2.24) is 4.90 Å². The fourth-order valence-electron chi connectivity index (χ4n) is 2.00. The molecule has 0 bridgehead atoms. The lowest BCUT2D eigenvalue weighted by molar-refractivity contribution is 0.00865. The van der Waals surface area contributed by atoms with Gasteiger partial charge in [0, 0.05) is 6.54 Å². The highest BCUT2D eigenvalue weighted by molar-refractivity contribution is 7.80. The van der Waals surface area contributed by atoms with Crippen LogP contribution in [0.1, 0.15) is 15.9 Å². The Morgan fingerprint density at radius 3 is 3.00 bits per heavy atom. The Morgan fingerprint density at radius 1 is 1.58 bits per heavy atom. The van der Waals surface area contributed by atoms with E-state index >= 15 is 0 Å². The van der Waals surface area contributed by atoms with Gasteiger partial charge in [0.2, 0.25) is 0 Å². The van der Waals surface area contributed by atoms with Gasteiger partial charge in [0.15, 0.2) is 0 Å². The molecule has 19 heavy (non-hydrogen) atoms. The third-order valence-electron chi connectivity index (χ3n) is 3.05. The van der Waals surface area contributed by atoms with Crippen LogP contribution in [0.4, 0.5) is 0 Å². The molecule has 0 saturated carbocycles. The van der Waals surface area contributed by atoms with E-state index in [1.54, 1.807) is 17.0 Å². The van der Waals surface area contributed by atoms with Gasteiger partial charge in [-0.15, -0.1) is 0 Å². The molecule has 1 fully saturated rings. The van der Waals surface area contributed by atoms with Crippen LogP contribution in [0, 0.1) is 6.92 Å². The second kappa shape index (κ2) is 5.54. The predicted molar refractivity (Wildman–Crippen MR) is 75.3 cm³/mol. The number of phenols is 1. The number of rotatable bonds is 2. The number of carbonyl (C=O) groups excluding carboxylic acids is 1. The molecular weight excluding hydrogens is 264 g/mol. The largest absolute Gasteiger partial charge is 0.507 e. The molecule has 1 atom stereocenters. The van der Waals surface area contributed by atoms with E-state index < -0.39 is 6.10 Å². The molecule has 1 heterocycles. The van der Waals surface area contributed by atoms with Crippen LogP contribution in [-0.2, 0) is 4.74 Å². The van der Waals surface area contributed by atoms with E-state index in [0.717, 1.165) is 5.56 Å². The number of nitrogens with zero attached hydrogens (tertiary/aromatic N) is 1. The first kappa shape index (κ1) is 13.8. The van der Waals surface area contributed by atoms with Crippen molar-refractivity contribution >= 4 is 23.1 Å². The van der Waals surface area contributed by atoms with E-state index in [1.165, 1.54) is 6.07 Å². The molecule has 0 aromatic heterocycles. The van der Waals surface area contributed by atoms with Gasteiger partial charge in [0.1, 0.15) is 16.8 Å². The lowest BCUT2D eigenvalue weighted by Gasteiger charge is -2.32. The summed E-state index contributed by atoms with van der Waals surface area (Å²) in [6.45, 7) is 3.04. The number of hydrogen-bond donors (Lipinski definition) is 2. The minimum absolute atomic E-state index is 0.0195. The summed E-state index contributed by atoms with van der Waals surface area (Å²) in [5.74, 6) is -0.250. The summed E-state index contributed by atoms with van der Waals surface area (Å²) in [5.41, 5.74) is 6.75. The first-order valence-electron chi connectivity index (χ1n) is 5.99. The molecule has 1 unspecified atom stereocenters. The molecular formula is C13H16N2O3S. The number of carbonyl (C=O) groups is 1. The van der Waals surface area contributed by atoms with Crippen LogP contribution >= 0.6 is 12.2 Å². The highest BCUT2D eigenvalue weighted by atomic mass is 32.1. The van der Waals surface area contributed by atoms with E-state index in [1.807, 2.05) is 6.92 Å². The van der Waals surface area contributed by atoms with E-state index in [-0.39, 0.29) is 16.6 Å². The van der Waals surface area contributed by atoms with Crippen LogP contribution in [-0.4, -0.2) is 46.7 Å². The summed E-state index contributed by atoms with van der Waals surface area (Å²) in [4.78, 5) is 14.2. The Kier molecular flexibility index (Phi) is 4.01. The quantitative estimate of drug-likeness (QED) is 0.785. The molecule has 1 aliphatic heterocycles. The molecule has 5 nitrogen and oxygen atoms in total. The van der Waals surface area contributed by atoms with Crippen molar-refractivity contribution in [2.24, 2.45) is 5.73 Å². The number of aromatic hydroxyl groups is 1. The number of thiocarbonyl (C=S) groups is 1. The molecule has 2 rings (SSSR count). The van der Waals surface area contributed by atoms with Crippen molar-refractivity contribution < 1.29 is 14.6 Å². The molecule has 0 spiro atoms. The normalized spacial score (nSPS) is 19.2. The summed E-state index contributed by atoms with van der Waals surface area (Å²) in [6.07, 6.45) is -0.417. The lowest BCUT2D eigenvalue weighted by Crippen LogP contribution is -2.49. The molecule has 3 N–H and O–H groups in total. The first-order chi connectivity index (χ1) is 8.99. The first-order valence-corrected chi connectivity index (χ1v) is 6.39. The number of amides is 1. The molecule has 1 aliphatic rings. The van der Waals surface area contributed by atoms with Gasteiger partial charge in [-0.25, -0.2) is 0 Å². The highest BCUT2D eigenvalue weighted by Gasteiger charge is 2.27. The fraction of sp³-hybridized carbons (Fsp3) is 0.385. The van der Waals surface area contributed by atoms with Crippen LogP contribution in [0.3, 0.4) is 0 Å². The summed E-state index contributed by atoms with van der Waals surface area (Å²) >= 11 is 4.88. The summed E-state index contributed by atoms with van der Waals surface area (Å²) in [5, 5.41) is 9.78. The van der Waals surface area contributed by atoms with Gasteiger partial charge >= 0.3 is 0 Å². The molecule has 1 amide bonds. The molecule has 0 radical (unpaired) electrons. The van der Waals surface area contributed by atoms with Crippen LogP contribution in [0.2, 0.25) is 0 Å². The number of morpholine rings is 1. The standard InChI is InChI=1S/C13H16N2O3S/c1-8-2-3-10(16)9(6-8)13(17)15-4-5-18-11(7-15)12(14)19/h2-3,6,11,16H,4-5,7H2,1H3,(H2,14,19).